The molecule has 3 rings (SSSR count). The van der Waals surface area contributed by atoms with Crippen molar-refractivity contribution in [1.29, 1.82) is 0 Å². The minimum Gasteiger partial charge on any atom is -0.377 e. The van der Waals surface area contributed by atoms with Gasteiger partial charge in [0.2, 0.25) is 0 Å². The van der Waals surface area contributed by atoms with E-state index in [9.17, 15) is 0 Å². The van der Waals surface area contributed by atoms with Gasteiger partial charge in [-0.1, -0.05) is 20.3 Å². The lowest BCUT2D eigenvalue weighted by Gasteiger charge is -2.33. The number of hydrogen-bond donors (Lipinski definition) is 1. The monoisotopic (exact) mass is 278 g/mol. The first-order chi connectivity index (χ1) is 9.60. The normalized spacial score (nSPS) is 28.6. The average Bonchev–Trinajstić information content (AvgIpc) is 2.94. The molecule has 1 aliphatic heterocycles. The van der Waals surface area contributed by atoms with Gasteiger partial charge in [0.05, 0.1) is 6.04 Å². The van der Waals surface area contributed by atoms with Crippen LogP contribution in [0.15, 0.2) is 0 Å². The summed E-state index contributed by atoms with van der Waals surface area (Å²) in [7, 11) is 1.69. The molecule has 0 saturated heterocycles. The third-order valence-electron chi connectivity index (χ3n) is 4.85. The Hall–Kier alpha value is -0.940. The van der Waals surface area contributed by atoms with Gasteiger partial charge in [0.15, 0.2) is 5.82 Å². The highest BCUT2D eigenvalue weighted by Gasteiger charge is 2.37. The van der Waals surface area contributed by atoms with Crippen LogP contribution in [0.25, 0.3) is 0 Å². The summed E-state index contributed by atoms with van der Waals surface area (Å²) in [6.45, 7) is 6.24. The fourth-order valence-electron chi connectivity index (χ4n) is 3.63. The summed E-state index contributed by atoms with van der Waals surface area (Å²) in [6, 6.07) is 0.950. The Morgan fingerprint density at radius 2 is 2.20 bits per heavy atom. The van der Waals surface area contributed by atoms with Crippen LogP contribution in [0, 0.1) is 5.41 Å². The van der Waals surface area contributed by atoms with E-state index in [-0.39, 0.29) is 0 Å². The zero-order valence-corrected chi connectivity index (χ0v) is 12.9. The van der Waals surface area contributed by atoms with Crippen molar-refractivity contribution < 1.29 is 4.74 Å². The fraction of sp³-hybridized carbons (Fsp3) is 0.867. The smallest absolute Gasteiger partial charge is 0.176 e. The molecule has 0 radical (unpaired) electrons. The molecule has 2 atom stereocenters. The summed E-state index contributed by atoms with van der Waals surface area (Å²) < 4.78 is 7.22. The number of aromatic nitrogens is 3. The van der Waals surface area contributed by atoms with E-state index in [4.69, 9.17) is 4.74 Å². The van der Waals surface area contributed by atoms with Crippen LogP contribution in [-0.4, -0.2) is 27.9 Å². The molecule has 1 aromatic heterocycles. The lowest BCUT2D eigenvalue weighted by Crippen LogP contribution is -2.42. The Balaban J connectivity index is 1.76. The van der Waals surface area contributed by atoms with E-state index in [0.29, 0.717) is 24.1 Å². The first-order valence-corrected chi connectivity index (χ1v) is 7.79. The standard InChI is InChI=1S/C15H26N4O/c1-15(2)8-4-7-12(15)16-11-6-5-9-19-14(11)17-13(18-19)10-20-3/h11-12,16H,4-10H2,1-3H3. The van der Waals surface area contributed by atoms with Gasteiger partial charge in [-0.25, -0.2) is 9.67 Å². The van der Waals surface area contributed by atoms with Crippen LogP contribution in [0.5, 0.6) is 0 Å². The van der Waals surface area contributed by atoms with Crippen LogP contribution < -0.4 is 5.32 Å². The van der Waals surface area contributed by atoms with E-state index in [2.05, 4.69) is 33.9 Å². The molecular weight excluding hydrogens is 252 g/mol. The van der Waals surface area contributed by atoms with Crippen LogP contribution >= 0.6 is 0 Å². The molecule has 1 saturated carbocycles. The molecule has 20 heavy (non-hydrogen) atoms. The second kappa shape index (κ2) is 5.45. The Morgan fingerprint density at radius 3 is 2.90 bits per heavy atom. The van der Waals surface area contributed by atoms with E-state index >= 15 is 0 Å². The predicted molar refractivity (Wildman–Crippen MR) is 77.3 cm³/mol. The van der Waals surface area contributed by atoms with Crippen molar-refractivity contribution in [1.82, 2.24) is 20.1 Å². The van der Waals surface area contributed by atoms with E-state index in [1.807, 2.05) is 0 Å². The number of fused-ring (bicyclic) bond motifs is 1. The summed E-state index contributed by atoms with van der Waals surface area (Å²) in [6.07, 6.45) is 6.27. The lowest BCUT2D eigenvalue weighted by molar-refractivity contribution is 0.177. The Morgan fingerprint density at radius 1 is 1.35 bits per heavy atom. The molecule has 5 heteroatoms. The molecule has 5 nitrogen and oxygen atoms in total. The molecule has 1 N–H and O–H groups in total. The molecule has 2 unspecified atom stereocenters. The first kappa shape index (κ1) is 14.0. The van der Waals surface area contributed by atoms with Gasteiger partial charge in [-0.15, -0.1) is 0 Å². The minimum absolute atomic E-state index is 0.351. The van der Waals surface area contributed by atoms with Gasteiger partial charge in [0.25, 0.3) is 0 Å². The summed E-state index contributed by atoms with van der Waals surface area (Å²) in [5.74, 6) is 1.91. The van der Waals surface area contributed by atoms with Crippen LogP contribution in [0.3, 0.4) is 0 Å². The Bertz CT molecular complexity index is 468. The molecular formula is C15H26N4O. The Kier molecular flexibility index (Phi) is 3.82. The topological polar surface area (TPSA) is 52.0 Å². The number of rotatable bonds is 4. The molecule has 0 bridgehead atoms. The number of nitrogens with one attached hydrogen (secondary N) is 1. The third-order valence-corrected chi connectivity index (χ3v) is 4.85. The molecule has 1 fully saturated rings. The van der Waals surface area contributed by atoms with Crippen LogP contribution in [0.1, 0.15) is 63.6 Å². The summed E-state index contributed by atoms with van der Waals surface area (Å²) in [5, 5.41) is 8.40. The predicted octanol–water partition coefficient (Wildman–Crippen LogP) is 2.43. The van der Waals surface area contributed by atoms with Crippen molar-refractivity contribution in [3.05, 3.63) is 11.6 Å². The van der Waals surface area contributed by atoms with Crippen molar-refractivity contribution >= 4 is 0 Å². The summed E-state index contributed by atoms with van der Waals surface area (Å²) >= 11 is 0. The number of hydrogen-bond acceptors (Lipinski definition) is 4. The SMILES string of the molecule is COCc1nc2n(n1)CCCC2NC1CCCC1(C)C. The van der Waals surface area contributed by atoms with Crippen LogP contribution in [0.2, 0.25) is 0 Å². The van der Waals surface area contributed by atoms with Crippen LogP contribution in [-0.2, 0) is 17.9 Å². The number of methoxy groups -OCH3 is 1. The largest absolute Gasteiger partial charge is 0.377 e. The van der Waals surface area contributed by atoms with E-state index in [0.717, 1.165) is 24.6 Å². The van der Waals surface area contributed by atoms with Gasteiger partial charge in [-0.3, -0.25) is 0 Å². The summed E-state index contributed by atoms with van der Waals surface area (Å²) in [5.41, 5.74) is 0.400. The molecule has 2 aliphatic rings. The van der Waals surface area contributed by atoms with Gasteiger partial charge in [-0.2, -0.15) is 5.10 Å². The van der Waals surface area contributed by atoms with Gasteiger partial charge in [0.1, 0.15) is 12.4 Å². The van der Waals surface area contributed by atoms with Crippen molar-refractivity contribution in [3.8, 4) is 0 Å². The molecule has 2 heterocycles. The third kappa shape index (κ3) is 2.61. The van der Waals surface area contributed by atoms with Gasteiger partial charge < -0.3 is 10.1 Å². The zero-order chi connectivity index (χ0) is 14.2. The molecule has 1 aromatic rings. The number of nitrogens with zero attached hydrogens (tertiary/aromatic N) is 3. The van der Waals surface area contributed by atoms with Gasteiger partial charge in [-0.05, 0) is 31.1 Å². The van der Waals surface area contributed by atoms with Crippen LogP contribution in [0.4, 0.5) is 0 Å². The number of ether oxygens (including phenoxy) is 1. The molecule has 0 aromatic carbocycles. The van der Waals surface area contributed by atoms with Crippen molar-refractivity contribution in [2.45, 2.75) is 71.2 Å². The summed E-state index contributed by atoms with van der Waals surface area (Å²) in [4.78, 5) is 4.68. The van der Waals surface area contributed by atoms with Crippen molar-refractivity contribution in [2.75, 3.05) is 7.11 Å². The van der Waals surface area contributed by atoms with Crippen molar-refractivity contribution in [3.63, 3.8) is 0 Å². The van der Waals surface area contributed by atoms with Crippen molar-refractivity contribution in [2.24, 2.45) is 5.41 Å². The minimum atomic E-state index is 0.351. The number of aryl methyl sites for hydroxylation is 1. The van der Waals surface area contributed by atoms with E-state index in [1.165, 1.54) is 25.7 Å². The average molecular weight is 278 g/mol. The van der Waals surface area contributed by atoms with Gasteiger partial charge >= 0.3 is 0 Å². The molecule has 1 aliphatic carbocycles. The highest BCUT2D eigenvalue weighted by molar-refractivity contribution is 5.04. The Labute approximate surface area is 121 Å². The zero-order valence-electron chi connectivity index (χ0n) is 12.9. The molecule has 112 valence electrons. The first-order valence-electron chi connectivity index (χ1n) is 7.79. The lowest BCUT2D eigenvalue weighted by atomic mass is 9.86. The van der Waals surface area contributed by atoms with E-state index in [1.54, 1.807) is 7.11 Å². The molecule has 0 amide bonds. The highest BCUT2D eigenvalue weighted by atomic mass is 16.5. The maximum atomic E-state index is 5.15. The van der Waals surface area contributed by atoms with Gasteiger partial charge in [0, 0.05) is 19.7 Å². The highest BCUT2D eigenvalue weighted by Crippen LogP contribution is 2.39. The maximum absolute atomic E-state index is 5.15. The maximum Gasteiger partial charge on any atom is 0.176 e. The fourth-order valence-corrected chi connectivity index (χ4v) is 3.63. The molecule has 0 spiro atoms. The second-order valence-electron chi connectivity index (χ2n) is 6.84. The quantitative estimate of drug-likeness (QED) is 0.919. The second-order valence-corrected chi connectivity index (χ2v) is 6.84. The van der Waals surface area contributed by atoms with E-state index < -0.39 is 0 Å².